The molecule has 2 aromatic heterocycles. The van der Waals surface area contributed by atoms with Gasteiger partial charge in [0, 0.05) is 18.0 Å². The van der Waals surface area contributed by atoms with Gasteiger partial charge >= 0.3 is 6.09 Å². The van der Waals surface area contributed by atoms with E-state index in [1.54, 1.807) is 25.3 Å². The molecule has 2 rings (SSSR count). The quantitative estimate of drug-likeness (QED) is 0.768. The molecule has 0 aliphatic heterocycles. The number of anilines is 1. The molecule has 0 bridgehead atoms. The maximum atomic E-state index is 12.0. The van der Waals surface area contributed by atoms with E-state index in [1.807, 2.05) is 0 Å². The summed E-state index contributed by atoms with van der Waals surface area (Å²) in [4.78, 5) is 27.3. The summed E-state index contributed by atoms with van der Waals surface area (Å²) in [5.41, 5.74) is 1.57. The van der Waals surface area contributed by atoms with Crippen LogP contribution in [0.3, 0.4) is 0 Å². The Morgan fingerprint density at radius 3 is 3.00 bits per heavy atom. The van der Waals surface area contributed by atoms with Crippen LogP contribution in [0.1, 0.15) is 23.0 Å². The fraction of sp³-hybridized carbons (Fsp3) is 0.231. The molecule has 0 fully saturated rings. The van der Waals surface area contributed by atoms with Crippen LogP contribution in [-0.2, 0) is 11.3 Å². The van der Waals surface area contributed by atoms with Gasteiger partial charge in [0.25, 0.3) is 5.91 Å². The van der Waals surface area contributed by atoms with Gasteiger partial charge in [-0.3, -0.25) is 14.9 Å². The highest BCUT2D eigenvalue weighted by Gasteiger charge is 2.09. The van der Waals surface area contributed by atoms with Gasteiger partial charge in [-0.2, -0.15) is 5.10 Å². The van der Waals surface area contributed by atoms with Crippen molar-refractivity contribution in [3.63, 3.8) is 0 Å². The molecule has 2 amide bonds. The molecule has 3 N–H and O–H groups in total. The van der Waals surface area contributed by atoms with Crippen LogP contribution in [-0.4, -0.2) is 33.8 Å². The number of alkyl carbamates (subject to hydrolysis) is 1. The van der Waals surface area contributed by atoms with Crippen LogP contribution in [0.25, 0.3) is 0 Å². The monoisotopic (exact) mass is 289 g/mol. The Hall–Kier alpha value is -2.90. The first-order chi connectivity index (χ1) is 10.2. The van der Waals surface area contributed by atoms with E-state index in [1.165, 1.54) is 12.4 Å². The van der Waals surface area contributed by atoms with Crippen molar-refractivity contribution >= 4 is 17.7 Å². The van der Waals surface area contributed by atoms with Crippen molar-refractivity contribution < 1.29 is 14.3 Å². The molecule has 21 heavy (non-hydrogen) atoms. The van der Waals surface area contributed by atoms with Gasteiger partial charge in [-0.25, -0.2) is 4.79 Å². The van der Waals surface area contributed by atoms with E-state index in [4.69, 9.17) is 4.74 Å². The lowest BCUT2D eigenvalue weighted by Gasteiger charge is -2.06. The van der Waals surface area contributed by atoms with Gasteiger partial charge < -0.3 is 15.4 Å². The molecular weight excluding hydrogens is 274 g/mol. The number of carbonyl (C=O) groups excluding carboxylic acids is 2. The van der Waals surface area contributed by atoms with E-state index in [9.17, 15) is 9.59 Å². The van der Waals surface area contributed by atoms with E-state index >= 15 is 0 Å². The van der Waals surface area contributed by atoms with E-state index in [2.05, 4.69) is 25.8 Å². The number of amides is 2. The van der Waals surface area contributed by atoms with Crippen molar-refractivity contribution in [2.75, 3.05) is 11.9 Å². The number of H-pyrrole nitrogens is 1. The summed E-state index contributed by atoms with van der Waals surface area (Å²) in [6, 6.07) is 3.19. The van der Waals surface area contributed by atoms with E-state index < -0.39 is 6.09 Å². The average molecular weight is 289 g/mol. The number of pyridine rings is 1. The molecule has 0 atom stereocenters. The number of aromatic amines is 1. The van der Waals surface area contributed by atoms with Crippen molar-refractivity contribution in [1.29, 1.82) is 0 Å². The number of hydrogen-bond donors (Lipinski definition) is 3. The SMILES string of the molecule is CCOC(=O)NCc1cc(C(=O)Nc2cn[nH]c2)ccn1. The van der Waals surface area contributed by atoms with Crippen LogP contribution in [0.4, 0.5) is 10.5 Å². The third kappa shape index (κ3) is 4.30. The predicted octanol–water partition coefficient (Wildman–Crippen LogP) is 1.30. The lowest BCUT2D eigenvalue weighted by atomic mass is 10.2. The molecule has 8 heteroatoms. The summed E-state index contributed by atoms with van der Waals surface area (Å²) >= 11 is 0. The zero-order valence-electron chi connectivity index (χ0n) is 11.4. The van der Waals surface area contributed by atoms with Gasteiger partial charge in [0.2, 0.25) is 0 Å². The zero-order chi connectivity index (χ0) is 15.1. The van der Waals surface area contributed by atoms with Crippen LogP contribution in [0.15, 0.2) is 30.7 Å². The maximum absolute atomic E-state index is 12.0. The average Bonchev–Trinajstić information content (AvgIpc) is 2.99. The Kier molecular flexibility index (Phi) is 4.86. The smallest absolute Gasteiger partial charge is 0.407 e. The molecule has 0 spiro atoms. The largest absolute Gasteiger partial charge is 0.450 e. The van der Waals surface area contributed by atoms with Gasteiger partial charge in [-0.1, -0.05) is 0 Å². The van der Waals surface area contributed by atoms with Gasteiger partial charge in [-0.15, -0.1) is 0 Å². The van der Waals surface area contributed by atoms with E-state index in [0.717, 1.165) is 0 Å². The molecule has 2 heterocycles. The second-order valence-corrected chi connectivity index (χ2v) is 4.05. The highest BCUT2D eigenvalue weighted by atomic mass is 16.5. The van der Waals surface area contributed by atoms with Crippen molar-refractivity contribution in [3.8, 4) is 0 Å². The topological polar surface area (TPSA) is 109 Å². The molecule has 110 valence electrons. The zero-order valence-corrected chi connectivity index (χ0v) is 11.4. The highest BCUT2D eigenvalue weighted by molar-refractivity contribution is 6.04. The molecule has 8 nitrogen and oxygen atoms in total. The molecule has 0 saturated carbocycles. The minimum absolute atomic E-state index is 0.186. The Bertz CT molecular complexity index is 612. The number of hydrogen-bond acceptors (Lipinski definition) is 5. The predicted molar refractivity (Wildman–Crippen MR) is 74.6 cm³/mol. The van der Waals surface area contributed by atoms with Crippen molar-refractivity contribution in [2.24, 2.45) is 0 Å². The van der Waals surface area contributed by atoms with Crippen molar-refractivity contribution in [2.45, 2.75) is 13.5 Å². The van der Waals surface area contributed by atoms with Gasteiger partial charge in [0.1, 0.15) is 0 Å². The molecular formula is C13H15N5O3. The Morgan fingerprint density at radius 2 is 2.29 bits per heavy atom. The Balaban J connectivity index is 1.97. The molecule has 2 aromatic rings. The van der Waals surface area contributed by atoms with Crippen LogP contribution in [0.5, 0.6) is 0 Å². The summed E-state index contributed by atoms with van der Waals surface area (Å²) in [6.07, 6.45) is 4.06. The van der Waals surface area contributed by atoms with Gasteiger partial charge in [0.15, 0.2) is 0 Å². The van der Waals surface area contributed by atoms with E-state index in [-0.39, 0.29) is 12.5 Å². The first kappa shape index (κ1) is 14.5. The second-order valence-electron chi connectivity index (χ2n) is 4.05. The van der Waals surface area contributed by atoms with Crippen molar-refractivity contribution in [1.82, 2.24) is 20.5 Å². The number of carbonyl (C=O) groups is 2. The standard InChI is InChI=1S/C13H15N5O3/c1-2-21-13(20)15-6-10-5-9(3-4-14-10)12(19)18-11-7-16-17-8-11/h3-5,7-8H,2,6H2,1H3,(H,15,20)(H,16,17)(H,18,19). The minimum atomic E-state index is -0.521. The first-order valence-corrected chi connectivity index (χ1v) is 6.34. The summed E-state index contributed by atoms with van der Waals surface area (Å²) in [5, 5.41) is 11.6. The summed E-state index contributed by atoms with van der Waals surface area (Å²) < 4.78 is 4.74. The lowest BCUT2D eigenvalue weighted by Crippen LogP contribution is -2.24. The second kappa shape index (κ2) is 7.04. The molecule has 0 aliphatic rings. The molecule has 0 radical (unpaired) electrons. The van der Waals surface area contributed by atoms with Crippen LogP contribution < -0.4 is 10.6 Å². The summed E-state index contributed by atoms with van der Waals surface area (Å²) in [5.74, 6) is -0.281. The highest BCUT2D eigenvalue weighted by Crippen LogP contribution is 2.07. The maximum Gasteiger partial charge on any atom is 0.407 e. The number of nitrogens with zero attached hydrogens (tertiary/aromatic N) is 2. The fourth-order valence-electron chi connectivity index (χ4n) is 1.58. The first-order valence-electron chi connectivity index (χ1n) is 6.34. The summed E-state index contributed by atoms with van der Waals surface area (Å²) in [7, 11) is 0. The molecule has 0 saturated heterocycles. The van der Waals surface area contributed by atoms with Gasteiger partial charge in [0.05, 0.1) is 30.7 Å². The lowest BCUT2D eigenvalue weighted by molar-refractivity contribution is 0.102. The third-order valence-electron chi connectivity index (χ3n) is 2.52. The number of ether oxygens (including phenoxy) is 1. The van der Waals surface area contributed by atoms with Crippen LogP contribution in [0, 0.1) is 0 Å². The van der Waals surface area contributed by atoms with E-state index in [0.29, 0.717) is 23.6 Å². The summed E-state index contributed by atoms with van der Waals surface area (Å²) in [6.45, 7) is 2.21. The molecule has 0 aromatic carbocycles. The fourth-order valence-corrected chi connectivity index (χ4v) is 1.58. The van der Waals surface area contributed by atoms with Crippen LogP contribution in [0.2, 0.25) is 0 Å². The van der Waals surface area contributed by atoms with Crippen molar-refractivity contribution in [3.05, 3.63) is 42.0 Å². The Labute approximate surface area is 120 Å². The molecule has 0 aliphatic carbocycles. The Morgan fingerprint density at radius 1 is 1.43 bits per heavy atom. The minimum Gasteiger partial charge on any atom is -0.450 e. The number of aromatic nitrogens is 3. The number of nitrogens with one attached hydrogen (secondary N) is 3. The molecule has 0 unspecified atom stereocenters. The normalized spacial score (nSPS) is 9.95. The number of rotatable bonds is 5. The van der Waals surface area contributed by atoms with Gasteiger partial charge in [-0.05, 0) is 19.1 Å². The van der Waals surface area contributed by atoms with Crippen LogP contribution >= 0.6 is 0 Å². The third-order valence-corrected chi connectivity index (χ3v) is 2.52.